The van der Waals surface area contributed by atoms with Crippen molar-refractivity contribution >= 4 is 16.7 Å². The highest BCUT2D eigenvalue weighted by atomic mass is 16.5. The fourth-order valence-corrected chi connectivity index (χ4v) is 1.82. The van der Waals surface area contributed by atoms with E-state index in [0.717, 1.165) is 11.1 Å². The van der Waals surface area contributed by atoms with E-state index in [9.17, 15) is 0 Å². The lowest BCUT2D eigenvalue weighted by Crippen LogP contribution is -1.84. The molecule has 0 saturated carbocycles. The summed E-state index contributed by atoms with van der Waals surface area (Å²) in [7, 11) is 0. The molecule has 0 spiro atoms. The van der Waals surface area contributed by atoms with E-state index in [1.165, 1.54) is 10.8 Å². The molecule has 0 amide bonds. The molecule has 3 rings (SSSR count). The van der Waals surface area contributed by atoms with Crippen LogP contribution in [0.25, 0.3) is 21.9 Å². The van der Waals surface area contributed by atoms with E-state index in [1.54, 1.807) is 6.20 Å². The van der Waals surface area contributed by atoms with Crippen molar-refractivity contribution in [3.63, 3.8) is 0 Å². The molecule has 0 fully saturated rings. The van der Waals surface area contributed by atoms with Crippen LogP contribution in [0.1, 0.15) is 0 Å². The first-order chi connectivity index (χ1) is 7.84. The standard InChI is InChI=1S/C13H10N2O/c14-13-12(8-15-16-13)11-6-5-9-3-1-2-4-10(9)7-11/h1-8H,14H2. The van der Waals surface area contributed by atoms with Crippen molar-refractivity contribution in [2.75, 3.05) is 5.73 Å². The van der Waals surface area contributed by atoms with Gasteiger partial charge in [-0.05, 0) is 22.4 Å². The third-order valence-electron chi connectivity index (χ3n) is 2.66. The second kappa shape index (κ2) is 3.38. The minimum absolute atomic E-state index is 0.357. The third-order valence-corrected chi connectivity index (χ3v) is 2.66. The highest BCUT2D eigenvalue weighted by Crippen LogP contribution is 2.28. The average Bonchev–Trinajstić information content (AvgIpc) is 2.75. The van der Waals surface area contributed by atoms with Crippen LogP contribution in [0.15, 0.2) is 53.2 Å². The van der Waals surface area contributed by atoms with Crippen LogP contribution in [0.5, 0.6) is 0 Å². The summed E-state index contributed by atoms with van der Waals surface area (Å²) in [5.41, 5.74) is 7.55. The van der Waals surface area contributed by atoms with Gasteiger partial charge in [0.25, 0.3) is 0 Å². The Hall–Kier alpha value is -2.29. The SMILES string of the molecule is Nc1oncc1-c1ccc2ccccc2c1. The Balaban J connectivity index is 2.23. The molecule has 3 heteroatoms. The molecule has 16 heavy (non-hydrogen) atoms. The van der Waals surface area contributed by atoms with E-state index < -0.39 is 0 Å². The van der Waals surface area contributed by atoms with Gasteiger partial charge in [-0.2, -0.15) is 0 Å². The van der Waals surface area contributed by atoms with Crippen LogP contribution >= 0.6 is 0 Å². The first-order valence-corrected chi connectivity index (χ1v) is 5.04. The second-order valence-corrected chi connectivity index (χ2v) is 3.67. The number of rotatable bonds is 1. The molecule has 0 radical (unpaired) electrons. The number of aromatic nitrogens is 1. The van der Waals surface area contributed by atoms with Crippen molar-refractivity contribution in [1.29, 1.82) is 0 Å². The van der Waals surface area contributed by atoms with Crippen molar-refractivity contribution < 1.29 is 4.52 Å². The summed E-state index contributed by atoms with van der Waals surface area (Å²) in [4.78, 5) is 0. The Labute approximate surface area is 92.5 Å². The number of fused-ring (bicyclic) bond motifs is 1. The summed E-state index contributed by atoms with van der Waals surface area (Å²) in [6, 6.07) is 14.4. The smallest absolute Gasteiger partial charge is 0.229 e. The van der Waals surface area contributed by atoms with Crippen LogP contribution in [0.3, 0.4) is 0 Å². The zero-order valence-electron chi connectivity index (χ0n) is 8.55. The fourth-order valence-electron chi connectivity index (χ4n) is 1.82. The van der Waals surface area contributed by atoms with Gasteiger partial charge in [0.1, 0.15) is 0 Å². The third kappa shape index (κ3) is 1.34. The van der Waals surface area contributed by atoms with E-state index in [1.807, 2.05) is 18.2 Å². The summed E-state index contributed by atoms with van der Waals surface area (Å²) in [6.07, 6.45) is 1.64. The highest BCUT2D eigenvalue weighted by Gasteiger charge is 2.06. The summed E-state index contributed by atoms with van der Waals surface area (Å²) in [5.74, 6) is 0.357. The average molecular weight is 210 g/mol. The van der Waals surface area contributed by atoms with Crippen LogP contribution < -0.4 is 5.73 Å². The quantitative estimate of drug-likeness (QED) is 0.671. The molecule has 1 aromatic heterocycles. The van der Waals surface area contributed by atoms with Gasteiger partial charge >= 0.3 is 0 Å². The zero-order valence-corrected chi connectivity index (χ0v) is 8.55. The zero-order chi connectivity index (χ0) is 11.0. The molecule has 3 nitrogen and oxygen atoms in total. The van der Waals surface area contributed by atoms with Gasteiger partial charge in [0, 0.05) is 0 Å². The topological polar surface area (TPSA) is 52.0 Å². The van der Waals surface area contributed by atoms with E-state index in [0.29, 0.717) is 5.88 Å². The van der Waals surface area contributed by atoms with Crippen molar-refractivity contribution in [3.8, 4) is 11.1 Å². The summed E-state index contributed by atoms with van der Waals surface area (Å²) < 4.78 is 4.86. The molecule has 1 heterocycles. The van der Waals surface area contributed by atoms with Crippen molar-refractivity contribution in [2.24, 2.45) is 0 Å². The molecular formula is C13H10N2O. The van der Waals surface area contributed by atoms with Crippen LogP contribution in [0, 0.1) is 0 Å². The highest BCUT2D eigenvalue weighted by molar-refractivity contribution is 5.88. The van der Waals surface area contributed by atoms with E-state index >= 15 is 0 Å². The number of anilines is 1. The molecule has 0 aliphatic carbocycles. The lowest BCUT2D eigenvalue weighted by molar-refractivity contribution is 0.436. The number of nitrogen functional groups attached to an aromatic ring is 1. The summed E-state index contributed by atoms with van der Waals surface area (Å²) >= 11 is 0. The maximum absolute atomic E-state index is 5.69. The number of benzene rings is 2. The van der Waals surface area contributed by atoms with Gasteiger partial charge < -0.3 is 10.3 Å². The number of nitrogens with zero attached hydrogens (tertiary/aromatic N) is 1. The Morgan fingerprint density at radius 3 is 2.56 bits per heavy atom. The normalized spacial score (nSPS) is 10.8. The van der Waals surface area contributed by atoms with E-state index in [-0.39, 0.29) is 0 Å². The maximum atomic E-state index is 5.69. The Kier molecular flexibility index (Phi) is 1.90. The Morgan fingerprint density at radius 1 is 1.00 bits per heavy atom. The van der Waals surface area contributed by atoms with Crippen LogP contribution in [0.2, 0.25) is 0 Å². The molecular weight excluding hydrogens is 200 g/mol. The molecule has 78 valence electrons. The second-order valence-electron chi connectivity index (χ2n) is 3.67. The van der Waals surface area contributed by atoms with Gasteiger partial charge in [0.2, 0.25) is 5.88 Å². The van der Waals surface area contributed by atoms with E-state index in [2.05, 4.69) is 29.4 Å². The van der Waals surface area contributed by atoms with Crippen molar-refractivity contribution in [2.45, 2.75) is 0 Å². The maximum Gasteiger partial charge on any atom is 0.229 e. The first-order valence-electron chi connectivity index (χ1n) is 5.04. The van der Waals surface area contributed by atoms with Crippen LogP contribution in [-0.4, -0.2) is 5.16 Å². The van der Waals surface area contributed by atoms with Gasteiger partial charge in [-0.15, -0.1) is 0 Å². The van der Waals surface area contributed by atoms with Crippen molar-refractivity contribution in [1.82, 2.24) is 5.16 Å². The van der Waals surface area contributed by atoms with Gasteiger partial charge in [-0.3, -0.25) is 0 Å². The molecule has 0 atom stereocenters. The Bertz CT molecular complexity index is 643. The minimum atomic E-state index is 0.357. The summed E-state index contributed by atoms with van der Waals surface area (Å²) in [5, 5.41) is 6.07. The molecule has 0 saturated heterocycles. The minimum Gasteiger partial charge on any atom is -0.367 e. The van der Waals surface area contributed by atoms with Crippen LogP contribution in [-0.2, 0) is 0 Å². The van der Waals surface area contributed by atoms with Crippen LogP contribution in [0.4, 0.5) is 5.88 Å². The van der Waals surface area contributed by atoms with E-state index in [4.69, 9.17) is 10.3 Å². The largest absolute Gasteiger partial charge is 0.367 e. The molecule has 2 aromatic carbocycles. The molecule has 2 N–H and O–H groups in total. The number of hydrogen-bond acceptors (Lipinski definition) is 3. The van der Waals surface area contributed by atoms with Gasteiger partial charge in [0.05, 0.1) is 11.8 Å². The predicted octanol–water partition coefficient (Wildman–Crippen LogP) is 3.08. The molecule has 3 aromatic rings. The summed E-state index contributed by atoms with van der Waals surface area (Å²) in [6.45, 7) is 0. The van der Waals surface area contributed by atoms with Crippen molar-refractivity contribution in [3.05, 3.63) is 48.7 Å². The van der Waals surface area contributed by atoms with Gasteiger partial charge in [-0.1, -0.05) is 41.6 Å². The first kappa shape index (κ1) is 8.97. The molecule has 0 bridgehead atoms. The lowest BCUT2D eigenvalue weighted by Gasteiger charge is -2.01. The predicted molar refractivity (Wildman–Crippen MR) is 63.9 cm³/mol. The molecule has 0 unspecified atom stereocenters. The Morgan fingerprint density at radius 2 is 1.81 bits per heavy atom. The molecule has 0 aliphatic heterocycles. The fraction of sp³-hybridized carbons (Fsp3) is 0. The lowest BCUT2D eigenvalue weighted by atomic mass is 10.0. The number of hydrogen-bond donors (Lipinski definition) is 1. The monoisotopic (exact) mass is 210 g/mol. The van der Waals surface area contributed by atoms with Gasteiger partial charge in [-0.25, -0.2) is 0 Å². The molecule has 0 aliphatic rings. The van der Waals surface area contributed by atoms with Gasteiger partial charge in [0.15, 0.2) is 0 Å². The number of nitrogens with two attached hydrogens (primary N) is 1.